The minimum atomic E-state index is -0.559. The Bertz CT molecular complexity index is 630. The highest BCUT2D eigenvalue weighted by atomic mass is 32.1. The summed E-state index contributed by atoms with van der Waals surface area (Å²) in [6, 6.07) is 2.48. The molecular formula is C14H16N4OS. The molecule has 3 aliphatic carbocycles. The standard InChI is InChI=1S/C14H16N4OS/c15-4-7-11(16)10(13(17)19)14(20-7)18-12-8-5-1-2-6(3-5)9(8)12/h5-6,8-9,12,18H,1-3,16H2,(H2,17,19). The Labute approximate surface area is 120 Å². The van der Waals surface area contributed by atoms with Gasteiger partial charge in [-0.05, 0) is 42.9 Å². The third kappa shape index (κ3) is 1.44. The Morgan fingerprint density at radius 3 is 2.55 bits per heavy atom. The van der Waals surface area contributed by atoms with Crippen LogP contribution in [0.5, 0.6) is 0 Å². The van der Waals surface area contributed by atoms with E-state index < -0.39 is 5.91 Å². The molecule has 3 fully saturated rings. The fourth-order valence-corrected chi connectivity index (χ4v) is 5.51. The van der Waals surface area contributed by atoms with E-state index in [2.05, 4.69) is 5.32 Å². The molecule has 5 N–H and O–H groups in total. The van der Waals surface area contributed by atoms with E-state index in [-0.39, 0.29) is 5.69 Å². The molecule has 3 aliphatic rings. The lowest BCUT2D eigenvalue weighted by atomic mass is 10.0. The van der Waals surface area contributed by atoms with Crippen LogP contribution in [0.2, 0.25) is 0 Å². The van der Waals surface area contributed by atoms with Crippen LogP contribution in [0.3, 0.4) is 0 Å². The largest absolute Gasteiger partial charge is 0.396 e. The van der Waals surface area contributed by atoms with Crippen molar-refractivity contribution in [3.8, 4) is 6.07 Å². The molecule has 4 atom stereocenters. The van der Waals surface area contributed by atoms with Gasteiger partial charge in [0.2, 0.25) is 0 Å². The summed E-state index contributed by atoms with van der Waals surface area (Å²) in [5.41, 5.74) is 11.8. The number of carbonyl (C=O) groups excluding carboxylic acids is 1. The van der Waals surface area contributed by atoms with Crippen molar-refractivity contribution in [3.63, 3.8) is 0 Å². The van der Waals surface area contributed by atoms with Crippen molar-refractivity contribution in [2.24, 2.45) is 29.4 Å². The zero-order valence-corrected chi connectivity index (χ0v) is 11.7. The Kier molecular flexibility index (Phi) is 2.34. The van der Waals surface area contributed by atoms with Gasteiger partial charge in [0.1, 0.15) is 15.9 Å². The van der Waals surface area contributed by atoms with Crippen molar-refractivity contribution in [1.82, 2.24) is 0 Å². The van der Waals surface area contributed by atoms with E-state index in [0.29, 0.717) is 21.5 Å². The monoisotopic (exact) mass is 288 g/mol. The maximum Gasteiger partial charge on any atom is 0.253 e. The fraction of sp³-hybridized carbons (Fsp3) is 0.571. The first-order valence-electron chi connectivity index (χ1n) is 7.00. The number of hydrogen-bond donors (Lipinski definition) is 3. The van der Waals surface area contributed by atoms with Gasteiger partial charge >= 0.3 is 0 Å². The predicted molar refractivity (Wildman–Crippen MR) is 77.2 cm³/mol. The molecule has 0 saturated heterocycles. The minimum absolute atomic E-state index is 0.223. The van der Waals surface area contributed by atoms with Crippen molar-refractivity contribution < 1.29 is 4.79 Å². The molecule has 0 radical (unpaired) electrons. The molecule has 3 saturated carbocycles. The number of carbonyl (C=O) groups is 1. The van der Waals surface area contributed by atoms with Gasteiger partial charge in [0.15, 0.2) is 0 Å². The lowest BCUT2D eigenvalue weighted by Crippen LogP contribution is -2.17. The van der Waals surface area contributed by atoms with E-state index >= 15 is 0 Å². The van der Waals surface area contributed by atoms with Crippen LogP contribution >= 0.6 is 11.3 Å². The van der Waals surface area contributed by atoms with E-state index in [1.54, 1.807) is 0 Å². The lowest BCUT2D eigenvalue weighted by molar-refractivity contribution is 0.100. The maximum atomic E-state index is 11.6. The molecule has 0 aliphatic heterocycles. The van der Waals surface area contributed by atoms with Crippen molar-refractivity contribution in [2.45, 2.75) is 25.3 Å². The van der Waals surface area contributed by atoms with Crippen LogP contribution in [0, 0.1) is 35.0 Å². The van der Waals surface area contributed by atoms with Gasteiger partial charge in [-0.3, -0.25) is 4.79 Å². The normalized spacial score (nSPS) is 36.5. The molecule has 4 rings (SSSR count). The molecule has 2 bridgehead atoms. The number of primary amides is 1. The Hall–Kier alpha value is -1.74. The summed E-state index contributed by atoms with van der Waals surface area (Å²) in [7, 11) is 0. The van der Waals surface area contributed by atoms with Gasteiger partial charge in [-0.2, -0.15) is 5.26 Å². The second kappa shape index (κ2) is 3.89. The summed E-state index contributed by atoms with van der Waals surface area (Å²) >= 11 is 1.25. The van der Waals surface area contributed by atoms with Crippen LogP contribution in [0.25, 0.3) is 0 Å². The number of hydrogen-bond acceptors (Lipinski definition) is 5. The van der Waals surface area contributed by atoms with Crippen LogP contribution in [0.4, 0.5) is 10.7 Å². The van der Waals surface area contributed by atoms with E-state index in [1.807, 2.05) is 6.07 Å². The highest BCUT2D eigenvalue weighted by molar-refractivity contribution is 7.17. The van der Waals surface area contributed by atoms with Crippen LogP contribution in [-0.2, 0) is 0 Å². The molecule has 4 unspecified atom stereocenters. The van der Waals surface area contributed by atoms with Crippen LogP contribution in [0.15, 0.2) is 0 Å². The maximum absolute atomic E-state index is 11.6. The summed E-state index contributed by atoms with van der Waals surface area (Å²) < 4.78 is 0. The molecule has 1 amide bonds. The van der Waals surface area contributed by atoms with Gasteiger partial charge in [-0.25, -0.2) is 0 Å². The van der Waals surface area contributed by atoms with Gasteiger partial charge in [-0.15, -0.1) is 11.3 Å². The molecule has 6 heteroatoms. The fourth-order valence-electron chi connectivity index (χ4n) is 4.54. The Balaban J connectivity index is 1.61. The summed E-state index contributed by atoms with van der Waals surface area (Å²) in [5, 5.41) is 13.2. The van der Waals surface area contributed by atoms with E-state index in [0.717, 1.165) is 23.7 Å². The number of nitrogens with zero attached hydrogens (tertiary/aromatic N) is 1. The number of nitrogens with two attached hydrogens (primary N) is 2. The van der Waals surface area contributed by atoms with E-state index in [4.69, 9.17) is 16.7 Å². The third-order valence-electron chi connectivity index (χ3n) is 5.33. The van der Waals surface area contributed by atoms with Gasteiger partial charge in [0, 0.05) is 6.04 Å². The minimum Gasteiger partial charge on any atom is -0.396 e. The zero-order chi connectivity index (χ0) is 14.0. The number of anilines is 2. The number of fused-ring (bicyclic) bond motifs is 5. The first kappa shape index (κ1) is 12.0. The van der Waals surface area contributed by atoms with Crippen LogP contribution < -0.4 is 16.8 Å². The molecule has 1 heterocycles. The molecule has 1 aromatic rings. The number of nitriles is 1. The number of thiophene rings is 1. The third-order valence-corrected chi connectivity index (χ3v) is 6.37. The summed E-state index contributed by atoms with van der Waals surface area (Å²) in [4.78, 5) is 11.9. The Morgan fingerprint density at radius 2 is 2.00 bits per heavy atom. The van der Waals surface area contributed by atoms with Gasteiger partial charge in [0.25, 0.3) is 5.91 Å². The lowest BCUT2D eigenvalue weighted by Gasteiger charge is -2.11. The zero-order valence-electron chi connectivity index (χ0n) is 10.9. The molecule has 104 valence electrons. The summed E-state index contributed by atoms with van der Waals surface area (Å²) in [6.45, 7) is 0. The topological polar surface area (TPSA) is 105 Å². The van der Waals surface area contributed by atoms with Crippen molar-refractivity contribution in [3.05, 3.63) is 10.4 Å². The molecule has 0 aromatic carbocycles. The highest BCUT2D eigenvalue weighted by Gasteiger charge is 2.65. The number of amides is 1. The summed E-state index contributed by atoms with van der Waals surface area (Å²) in [5.74, 6) is 2.66. The average molecular weight is 288 g/mol. The molecular weight excluding hydrogens is 272 g/mol. The van der Waals surface area contributed by atoms with Crippen LogP contribution in [-0.4, -0.2) is 11.9 Å². The average Bonchev–Trinajstić information content (AvgIpc) is 2.78. The molecule has 20 heavy (non-hydrogen) atoms. The first-order chi connectivity index (χ1) is 9.61. The second-order valence-electron chi connectivity index (χ2n) is 6.18. The number of nitrogens with one attached hydrogen (secondary N) is 1. The molecule has 5 nitrogen and oxygen atoms in total. The van der Waals surface area contributed by atoms with Crippen LogP contribution in [0.1, 0.15) is 34.5 Å². The van der Waals surface area contributed by atoms with Crippen molar-refractivity contribution >= 4 is 27.9 Å². The quantitative estimate of drug-likeness (QED) is 0.788. The second-order valence-corrected chi connectivity index (χ2v) is 7.20. The molecule has 1 aromatic heterocycles. The predicted octanol–water partition coefficient (Wildman–Crippen LogP) is 1.76. The highest BCUT2D eigenvalue weighted by Crippen LogP contribution is 2.66. The number of rotatable bonds is 3. The molecule has 0 spiro atoms. The van der Waals surface area contributed by atoms with Gasteiger partial charge < -0.3 is 16.8 Å². The van der Waals surface area contributed by atoms with Crippen molar-refractivity contribution in [2.75, 3.05) is 11.1 Å². The SMILES string of the molecule is N#Cc1sc(NC2C3C4CCC(C4)C23)c(C(N)=O)c1N. The van der Waals surface area contributed by atoms with Gasteiger partial charge in [0.05, 0.1) is 11.3 Å². The van der Waals surface area contributed by atoms with Crippen molar-refractivity contribution in [1.29, 1.82) is 5.26 Å². The summed E-state index contributed by atoms with van der Waals surface area (Å²) in [6.07, 6.45) is 4.08. The van der Waals surface area contributed by atoms with E-state index in [9.17, 15) is 4.79 Å². The Morgan fingerprint density at radius 1 is 1.35 bits per heavy atom. The van der Waals surface area contributed by atoms with E-state index in [1.165, 1.54) is 30.6 Å². The number of nitrogen functional groups attached to an aromatic ring is 1. The first-order valence-corrected chi connectivity index (χ1v) is 7.82. The smallest absolute Gasteiger partial charge is 0.253 e. The van der Waals surface area contributed by atoms with Gasteiger partial charge in [-0.1, -0.05) is 0 Å².